The van der Waals surface area contributed by atoms with Crippen molar-refractivity contribution >= 4 is 17.4 Å². The summed E-state index contributed by atoms with van der Waals surface area (Å²) in [7, 11) is 1.67. The molecule has 1 aliphatic heterocycles. The molecule has 3 rings (SSSR count). The first-order valence-electron chi connectivity index (χ1n) is 11.7. The van der Waals surface area contributed by atoms with Gasteiger partial charge in [-0.1, -0.05) is 42.5 Å². The largest absolute Gasteiger partial charge is 0.496 e. The molecule has 0 spiro atoms. The highest BCUT2D eigenvalue weighted by Gasteiger charge is 2.40. The summed E-state index contributed by atoms with van der Waals surface area (Å²) in [6.45, 7) is 14.2. The molecular formula is C29H37NO4. The Morgan fingerprint density at radius 3 is 2.47 bits per heavy atom. The molecule has 0 saturated carbocycles. The predicted octanol–water partition coefficient (Wildman–Crippen LogP) is 7.26. The van der Waals surface area contributed by atoms with Gasteiger partial charge in [0.25, 0.3) is 0 Å². The second kappa shape index (κ2) is 10.1. The van der Waals surface area contributed by atoms with Crippen LogP contribution in [0.1, 0.15) is 54.0 Å². The van der Waals surface area contributed by atoms with Crippen LogP contribution in [0, 0.1) is 0 Å². The maximum absolute atomic E-state index is 13.3. The van der Waals surface area contributed by atoms with Gasteiger partial charge in [-0.2, -0.15) is 0 Å². The van der Waals surface area contributed by atoms with Gasteiger partial charge in [-0.3, -0.25) is 4.90 Å². The van der Waals surface area contributed by atoms with E-state index in [-0.39, 0.29) is 12.2 Å². The summed E-state index contributed by atoms with van der Waals surface area (Å²) in [5.41, 5.74) is 3.58. The minimum atomic E-state index is -0.602. The van der Waals surface area contributed by atoms with Crippen LogP contribution >= 0.6 is 0 Å². The zero-order valence-corrected chi connectivity index (χ0v) is 21.6. The summed E-state index contributed by atoms with van der Waals surface area (Å²) in [6, 6.07) is 14.1. The number of rotatable bonds is 6. The monoisotopic (exact) mass is 463 g/mol. The molecule has 2 aromatic carbocycles. The zero-order chi connectivity index (χ0) is 25.1. The molecule has 34 heavy (non-hydrogen) atoms. The van der Waals surface area contributed by atoms with Crippen molar-refractivity contribution in [3.63, 3.8) is 0 Å². The average Bonchev–Trinajstić information content (AvgIpc) is 2.76. The Morgan fingerprint density at radius 2 is 1.82 bits per heavy atom. The second-order valence-corrected chi connectivity index (χ2v) is 10.0. The molecule has 0 aromatic heterocycles. The number of carbonyl (C=O) groups is 1. The summed E-state index contributed by atoms with van der Waals surface area (Å²) in [6.07, 6.45) is 5.55. The molecule has 0 N–H and O–H groups in total. The summed E-state index contributed by atoms with van der Waals surface area (Å²) in [5.74, 6) is 0.797. The van der Waals surface area contributed by atoms with E-state index in [9.17, 15) is 4.79 Å². The Morgan fingerprint density at radius 1 is 1.12 bits per heavy atom. The van der Waals surface area contributed by atoms with Crippen LogP contribution in [0.15, 0.2) is 60.7 Å². The average molecular weight is 464 g/mol. The fourth-order valence-electron chi connectivity index (χ4n) is 4.21. The van der Waals surface area contributed by atoms with Crippen molar-refractivity contribution in [3.05, 3.63) is 66.3 Å². The second-order valence-electron chi connectivity index (χ2n) is 10.0. The molecule has 0 fully saturated rings. The number of para-hydroxylation sites is 1. The molecule has 1 heterocycles. The number of ether oxygens (including phenoxy) is 3. The fraction of sp³-hybridized carbons (Fsp3) is 0.414. The van der Waals surface area contributed by atoms with Gasteiger partial charge in [0.15, 0.2) is 0 Å². The zero-order valence-electron chi connectivity index (χ0n) is 21.6. The van der Waals surface area contributed by atoms with Gasteiger partial charge in [0.05, 0.1) is 31.0 Å². The topological polar surface area (TPSA) is 48.0 Å². The fourth-order valence-corrected chi connectivity index (χ4v) is 4.21. The lowest BCUT2D eigenvalue weighted by Crippen LogP contribution is -2.51. The normalized spacial score (nSPS) is 16.1. The number of hydrogen-bond donors (Lipinski definition) is 0. The number of amides is 1. The molecule has 1 atom stereocenters. The van der Waals surface area contributed by atoms with Gasteiger partial charge in [0.2, 0.25) is 0 Å². The summed E-state index contributed by atoms with van der Waals surface area (Å²) >= 11 is 0. The number of anilines is 1. The Kier molecular flexibility index (Phi) is 7.57. The molecule has 5 heteroatoms. The molecule has 1 amide bonds. The van der Waals surface area contributed by atoms with Crippen molar-refractivity contribution < 1.29 is 19.0 Å². The van der Waals surface area contributed by atoms with Gasteiger partial charge >= 0.3 is 6.09 Å². The summed E-state index contributed by atoms with van der Waals surface area (Å²) < 4.78 is 17.5. The first-order valence-corrected chi connectivity index (χ1v) is 11.7. The molecule has 1 aliphatic rings. The SMILES string of the molecule is CC=CCOC(C)C1=CC(C)(C)N(C(=O)OC(C)(C)C)c2ccc(-c3ccccc3OC)cc21. The Labute approximate surface area is 204 Å². The van der Waals surface area contributed by atoms with Crippen LogP contribution in [0.4, 0.5) is 10.5 Å². The third-order valence-electron chi connectivity index (χ3n) is 5.74. The van der Waals surface area contributed by atoms with Crippen molar-refractivity contribution in [3.8, 4) is 16.9 Å². The van der Waals surface area contributed by atoms with E-state index in [1.807, 2.05) is 97.0 Å². The van der Waals surface area contributed by atoms with Gasteiger partial charge in [-0.15, -0.1) is 0 Å². The van der Waals surface area contributed by atoms with Gasteiger partial charge in [-0.05, 0) is 77.8 Å². The smallest absolute Gasteiger partial charge is 0.415 e. The third kappa shape index (κ3) is 5.53. The van der Waals surface area contributed by atoms with Crippen LogP contribution in [-0.2, 0) is 9.47 Å². The molecular weight excluding hydrogens is 426 g/mol. The first-order chi connectivity index (χ1) is 16.0. The van der Waals surface area contributed by atoms with Crippen LogP contribution < -0.4 is 9.64 Å². The van der Waals surface area contributed by atoms with Gasteiger partial charge < -0.3 is 14.2 Å². The number of nitrogens with zero attached hydrogens (tertiary/aromatic N) is 1. The van der Waals surface area contributed by atoms with Crippen molar-refractivity contribution in [2.75, 3.05) is 18.6 Å². The molecule has 2 aromatic rings. The standard InChI is InChI=1S/C29H37NO4/c1-9-10-17-33-20(2)24-19-29(6,7)30(27(31)34-28(3,4)5)25-16-15-21(18-23(24)25)22-13-11-12-14-26(22)32-8/h9-16,18-20H,17H2,1-8H3. The molecule has 0 aliphatic carbocycles. The molecule has 182 valence electrons. The van der Waals surface area contributed by atoms with Crippen molar-refractivity contribution in [2.24, 2.45) is 0 Å². The van der Waals surface area contributed by atoms with Crippen molar-refractivity contribution in [1.29, 1.82) is 0 Å². The lowest BCUT2D eigenvalue weighted by molar-refractivity contribution is 0.0555. The Bertz CT molecular complexity index is 1090. The minimum Gasteiger partial charge on any atom is -0.496 e. The van der Waals surface area contributed by atoms with E-state index in [0.29, 0.717) is 6.61 Å². The predicted molar refractivity (Wildman–Crippen MR) is 139 cm³/mol. The lowest BCUT2D eigenvalue weighted by Gasteiger charge is -2.43. The highest BCUT2D eigenvalue weighted by molar-refractivity contribution is 5.99. The molecule has 5 nitrogen and oxygen atoms in total. The number of fused-ring (bicyclic) bond motifs is 1. The van der Waals surface area contributed by atoms with Gasteiger partial charge in [0.1, 0.15) is 11.4 Å². The van der Waals surface area contributed by atoms with E-state index in [0.717, 1.165) is 33.7 Å². The van der Waals surface area contributed by atoms with E-state index < -0.39 is 11.1 Å². The summed E-state index contributed by atoms with van der Waals surface area (Å²) in [4.78, 5) is 15.1. The van der Waals surface area contributed by atoms with Crippen molar-refractivity contribution in [1.82, 2.24) is 0 Å². The third-order valence-corrected chi connectivity index (χ3v) is 5.74. The van der Waals surface area contributed by atoms with E-state index in [4.69, 9.17) is 14.2 Å². The molecule has 0 radical (unpaired) electrons. The maximum atomic E-state index is 13.3. The molecule has 0 saturated heterocycles. The van der Waals surface area contributed by atoms with Crippen LogP contribution in [0.2, 0.25) is 0 Å². The number of methoxy groups -OCH3 is 1. The summed E-state index contributed by atoms with van der Waals surface area (Å²) in [5, 5.41) is 0. The molecule has 0 bridgehead atoms. The Balaban J connectivity index is 2.17. The number of allylic oxidation sites excluding steroid dienone is 1. The van der Waals surface area contributed by atoms with Crippen LogP contribution in [0.3, 0.4) is 0 Å². The van der Waals surface area contributed by atoms with E-state index in [1.54, 1.807) is 12.0 Å². The van der Waals surface area contributed by atoms with E-state index in [1.165, 1.54) is 0 Å². The highest BCUT2D eigenvalue weighted by Crippen LogP contribution is 2.44. The van der Waals surface area contributed by atoms with E-state index in [2.05, 4.69) is 12.1 Å². The van der Waals surface area contributed by atoms with Gasteiger partial charge in [-0.25, -0.2) is 4.79 Å². The molecule has 1 unspecified atom stereocenters. The number of hydrogen-bond acceptors (Lipinski definition) is 4. The minimum absolute atomic E-state index is 0.164. The van der Waals surface area contributed by atoms with Gasteiger partial charge in [0, 0.05) is 11.1 Å². The van der Waals surface area contributed by atoms with Crippen molar-refractivity contribution in [2.45, 2.75) is 65.7 Å². The Hall–Kier alpha value is -3.05. The van der Waals surface area contributed by atoms with Crippen LogP contribution in [0.5, 0.6) is 5.75 Å². The maximum Gasteiger partial charge on any atom is 0.415 e. The van der Waals surface area contributed by atoms with Crippen LogP contribution in [-0.4, -0.2) is 37.1 Å². The number of carbonyl (C=O) groups excluding carboxylic acids is 1. The quantitative estimate of drug-likeness (QED) is 0.423. The lowest BCUT2D eigenvalue weighted by atomic mass is 9.84. The first kappa shape index (κ1) is 25.6. The van der Waals surface area contributed by atoms with Crippen LogP contribution in [0.25, 0.3) is 16.7 Å². The number of benzene rings is 2. The van der Waals surface area contributed by atoms with E-state index >= 15 is 0 Å². The highest BCUT2D eigenvalue weighted by atomic mass is 16.6.